The van der Waals surface area contributed by atoms with E-state index in [-0.39, 0.29) is 17.7 Å². The summed E-state index contributed by atoms with van der Waals surface area (Å²) in [6.07, 6.45) is 2.35. The number of rotatable bonds is 5. The van der Waals surface area contributed by atoms with Crippen LogP contribution in [0.5, 0.6) is 0 Å². The smallest absolute Gasteiger partial charge is 0.254 e. The topological polar surface area (TPSA) is 67.3 Å². The highest BCUT2D eigenvalue weighted by Crippen LogP contribution is 2.25. The number of amides is 1. The van der Waals surface area contributed by atoms with Gasteiger partial charge in [0.05, 0.1) is 17.7 Å². The molecule has 0 aliphatic carbocycles. The quantitative estimate of drug-likeness (QED) is 0.888. The minimum absolute atomic E-state index is 0.0195. The molecule has 0 spiro atoms. The first-order valence-electron chi connectivity index (χ1n) is 8.61. The SMILES string of the molecule is CO[C@H]1C[C@@H](CNC(=O)c2cccc(C)c2F)N(c2cc(C)ncn2)C1. The molecule has 1 aliphatic rings. The number of hydrogen-bond donors (Lipinski definition) is 1. The third kappa shape index (κ3) is 3.83. The van der Waals surface area contributed by atoms with E-state index in [1.807, 2.05) is 13.0 Å². The Kier molecular flexibility index (Phi) is 5.46. The first kappa shape index (κ1) is 18.3. The second-order valence-corrected chi connectivity index (χ2v) is 6.56. The van der Waals surface area contributed by atoms with E-state index in [0.717, 1.165) is 17.9 Å². The van der Waals surface area contributed by atoms with E-state index in [2.05, 4.69) is 20.2 Å². The van der Waals surface area contributed by atoms with Crippen LogP contribution in [0.15, 0.2) is 30.6 Å². The van der Waals surface area contributed by atoms with Crippen molar-refractivity contribution in [2.24, 2.45) is 0 Å². The highest BCUT2D eigenvalue weighted by atomic mass is 19.1. The molecule has 138 valence electrons. The zero-order valence-electron chi connectivity index (χ0n) is 15.2. The Morgan fingerprint density at radius 2 is 2.19 bits per heavy atom. The number of aryl methyl sites for hydroxylation is 2. The predicted molar refractivity (Wildman–Crippen MR) is 96.8 cm³/mol. The molecule has 0 bridgehead atoms. The van der Waals surface area contributed by atoms with Gasteiger partial charge < -0.3 is 15.0 Å². The number of carbonyl (C=O) groups excluding carboxylic acids is 1. The van der Waals surface area contributed by atoms with Gasteiger partial charge in [0.1, 0.15) is 18.0 Å². The summed E-state index contributed by atoms with van der Waals surface area (Å²) >= 11 is 0. The predicted octanol–water partition coefficient (Wildman–Crippen LogP) is 2.26. The lowest BCUT2D eigenvalue weighted by Gasteiger charge is -2.25. The third-order valence-electron chi connectivity index (χ3n) is 4.73. The summed E-state index contributed by atoms with van der Waals surface area (Å²) in [5.74, 6) is -0.0848. The van der Waals surface area contributed by atoms with Crippen LogP contribution in [0.1, 0.15) is 28.0 Å². The molecule has 26 heavy (non-hydrogen) atoms. The maximum atomic E-state index is 14.1. The zero-order valence-corrected chi connectivity index (χ0v) is 15.2. The molecule has 0 unspecified atom stereocenters. The second kappa shape index (κ2) is 7.78. The molecule has 3 rings (SSSR count). The van der Waals surface area contributed by atoms with E-state index in [1.165, 1.54) is 12.4 Å². The van der Waals surface area contributed by atoms with Crippen molar-refractivity contribution in [3.63, 3.8) is 0 Å². The van der Waals surface area contributed by atoms with Gasteiger partial charge in [-0.3, -0.25) is 4.79 Å². The van der Waals surface area contributed by atoms with Gasteiger partial charge in [-0.15, -0.1) is 0 Å². The minimum Gasteiger partial charge on any atom is -0.380 e. The van der Waals surface area contributed by atoms with Gasteiger partial charge in [0.15, 0.2) is 0 Å². The van der Waals surface area contributed by atoms with Crippen LogP contribution in [0, 0.1) is 19.7 Å². The number of aromatic nitrogens is 2. The van der Waals surface area contributed by atoms with Crippen molar-refractivity contribution < 1.29 is 13.9 Å². The molecule has 2 atom stereocenters. The van der Waals surface area contributed by atoms with Crippen molar-refractivity contribution in [3.8, 4) is 0 Å². The van der Waals surface area contributed by atoms with E-state index < -0.39 is 11.7 Å². The van der Waals surface area contributed by atoms with Crippen LogP contribution in [0.25, 0.3) is 0 Å². The van der Waals surface area contributed by atoms with Crippen molar-refractivity contribution in [2.75, 3.05) is 25.1 Å². The van der Waals surface area contributed by atoms with Crippen LogP contribution in [-0.4, -0.2) is 48.2 Å². The van der Waals surface area contributed by atoms with E-state index in [0.29, 0.717) is 18.7 Å². The zero-order chi connectivity index (χ0) is 18.7. The van der Waals surface area contributed by atoms with Crippen molar-refractivity contribution in [1.29, 1.82) is 0 Å². The van der Waals surface area contributed by atoms with Gasteiger partial charge in [-0.05, 0) is 31.9 Å². The first-order chi connectivity index (χ1) is 12.5. The van der Waals surface area contributed by atoms with Crippen molar-refractivity contribution in [2.45, 2.75) is 32.4 Å². The normalized spacial score (nSPS) is 19.6. The van der Waals surface area contributed by atoms with Crippen LogP contribution in [0.4, 0.5) is 10.2 Å². The van der Waals surface area contributed by atoms with Crippen LogP contribution in [-0.2, 0) is 4.74 Å². The number of ether oxygens (including phenoxy) is 1. The monoisotopic (exact) mass is 358 g/mol. The summed E-state index contributed by atoms with van der Waals surface area (Å²) in [5, 5.41) is 2.85. The molecule has 0 saturated carbocycles. The number of benzene rings is 1. The Balaban J connectivity index is 1.72. The molecule has 1 aliphatic heterocycles. The van der Waals surface area contributed by atoms with Crippen LogP contribution >= 0.6 is 0 Å². The van der Waals surface area contributed by atoms with Crippen LogP contribution in [0.2, 0.25) is 0 Å². The van der Waals surface area contributed by atoms with E-state index in [4.69, 9.17) is 4.74 Å². The molecular formula is C19H23FN4O2. The molecule has 2 aromatic rings. The van der Waals surface area contributed by atoms with Crippen molar-refractivity contribution in [1.82, 2.24) is 15.3 Å². The van der Waals surface area contributed by atoms with E-state index >= 15 is 0 Å². The molecule has 1 amide bonds. The fourth-order valence-electron chi connectivity index (χ4n) is 3.24. The number of hydrogen-bond acceptors (Lipinski definition) is 5. The molecule has 1 saturated heterocycles. The Bertz CT molecular complexity index is 799. The fourth-order valence-corrected chi connectivity index (χ4v) is 3.24. The summed E-state index contributed by atoms with van der Waals surface area (Å²) in [6.45, 7) is 4.62. The summed E-state index contributed by atoms with van der Waals surface area (Å²) in [5.41, 5.74) is 1.40. The van der Waals surface area contributed by atoms with Gasteiger partial charge in [-0.25, -0.2) is 14.4 Å². The van der Waals surface area contributed by atoms with E-state index in [9.17, 15) is 9.18 Å². The lowest BCUT2D eigenvalue weighted by Crippen LogP contribution is -2.41. The first-order valence-corrected chi connectivity index (χ1v) is 8.61. The van der Waals surface area contributed by atoms with E-state index in [1.54, 1.807) is 26.2 Å². The number of anilines is 1. The maximum absolute atomic E-state index is 14.1. The van der Waals surface area contributed by atoms with Gasteiger partial charge >= 0.3 is 0 Å². The molecule has 1 fully saturated rings. The Morgan fingerprint density at radius 1 is 1.38 bits per heavy atom. The standard InChI is InChI=1S/C19H23FN4O2/c1-12-5-4-6-16(18(12)20)19(25)21-9-14-8-15(26-3)10-24(14)17-7-13(2)22-11-23-17/h4-7,11,14-15H,8-10H2,1-3H3,(H,21,25)/t14-,15-/m0/s1. The van der Waals surface area contributed by atoms with Crippen LogP contribution < -0.4 is 10.2 Å². The lowest BCUT2D eigenvalue weighted by atomic mass is 10.1. The van der Waals surface area contributed by atoms with Crippen molar-refractivity contribution >= 4 is 11.7 Å². The highest BCUT2D eigenvalue weighted by Gasteiger charge is 2.33. The summed E-state index contributed by atoms with van der Waals surface area (Å²) in [6, 6.07) is 6.75. The lowest BCUT2D eigenvalue weighted by molar-refractivity contribution is 0.0942. The fraction of sp³-hybridized carbons (Fsp3) is 0.421. The number of methoxy groups -OCH3 is 1. The summed E-state index contributed by atoms with van der Waals surface area (Å²) < 4.78 is 19.6. The number of carbonyl (C=O) groups is 1. The summed E-state index contributed by atoms with van der Waals surface area (Å²) in [7, 11) is 1.68. The minimum atomic E-state index is -0.477. The molecule has 0 radical (unpaired) electrons. The highest BCUT2D eigenvalue weighted by molar-refractivity contribution is 5.94. The van der Waals surface area contributed by atoms with Gasteiger partial charge in [-0.2, -0.15) is 0 Å². The molecule has 6 nitrogen and oxygen atoms in total. The molecule has 1 aromatic heterocycles. The Hall–Kier alpha value is -2.54. The molecule has 7 heteroatoms. The molecule has 2 heterocycles. The average molecular weight is 358 g/mol. The number of nitrogens with zero attached hydrogens (tertiary/aromatic N) is 3. The molecular weight excluding hydrogens is 335 g/mol. The van der Waals surface area contributed by atoms with Crippen molar-refractivity contribution in [3.05, 3.63) is 53.2 Å². The number of nitrogens with one attached hydrogen (secondary N) is 1. The third-order valence-corrected chi connectivity index (χ3v) is 4.73. The Labute approximate surface area is 152 Å². The average Bonchev–Trinajstić information content (AvgIpc) is 3.05. The molecule has 1 N–H and O–H groups in total. The largest absolute Gasteiger partial charge is 0.380 e. The number of halogens is 1. The van der Waals surface area contributed by atoms with Gasteiger partial charge in [0.25, 0.3) is 5.91 Å². The Morgan fingerprint density at radius 3 is 2.92 bits per heavy atom. The van der Waals surface area contributed by atoms with Gasteiger partial charge in [0, 0.05) is 32.0 Å². The van der Waals surface area contributed by atoms with Gasteiger partial charge in [-0.1, -0.05) is 12.1 Å². The van der Waals surface area contributed by atoms with Gasteiger partial charge in [0.2, 0.25) is 0 Å². The summed E-state index contributed by atoms with van der Waals surface area (Å²) in [4.78, 5) is 23.0. The second-order valence-electron chi connectivity index (χ2n) is 6.56. The van der Waals surface area contributed by atoms with Crippen LogP contribution in [0.3, 0.4) is 0 Å². The molecule has 1 aromatic carbocycles. The maximum Gasteiger partial charge on any atom is 0.254 e.